The third kappa shape index (κ3) is 18.1. The number of anilines is 2. The molecule has 8 N–H and O–H groups in total. The molecule has 0 aliphatic carbocycles. The smallest absolute Gasteiger partial charge is 0.488 e. The number of carbonyl (C=O) groups excluding carboxylic acids is 10. The minimum Gasteiger partial charge on any atom is -0.493 e. The van der Waals surface area contributed by atoms with Crippen molar-refractivity contribution in [1.82, 2.24) is 25.3 Å². The molecule has 4 aromatic carbocycles. The molecule has 4 aromatic rings. The lowest BCUT2D eigenvalue weighted by Gasteiger charge is -2.31. The average molecular weight is 1380 g/mol. The summed E-state index contributed by atoms with van der Waals surface area (Å²) in [4.78, 5) is 139. The number of rotatable bonds is 32. The molecule has 5 aliphatic heterocycles. The Morgan fingerprint density at radius 3 is 1.73 bits per heavy atom. The fourth-order valence-electron chi connectivity index (χ4n) is 12.9. The van der Waals surface area contributed by atoms with Gasteiger partial charge in [-0.25, -0.2) is 24.2 Å². The fourth-order valence-corrected chi connectivity index (χ4v) is 12.9. The molecule has 0 radical (unpaired) electrons. The first-order chi connectivity index (χ1) is 47.8. The third-order valence-electron chi connectivity index (χ3n) is 18.5. The zero-order chi connectivity index (χ0) is 72.1. The Balaban J connectivity index is 0.804. The van der Waals surface area contributed by atoms with Gasteiger partial charge in [-0.1, -0.05) is 93.1 Å². The molecule has 9 amide bonds. The van der Waals surface area contributed by atoms with Gasteiger partial charge in [-0.2, -0.15) is 0 Å². The molecule has 6 atom stereocenters. The Kier molecular flexibility index (Phi) is 25.1. The number of ketones is 2. The minimum absolute atomic E-state index is 0.0354. The van der Waals surface area contributed by atoms with Gasteiger partial charge >= 0.3 is 25.3 Å². The molecule has 2 unspecified atom stereocenters. The van der Waals surface area contributed by atoms with Crippen molar-refractivity contribution in [3.8, 4) is 17.2 Å². The van der Waals surface area contributed by atoms with E-state index in [1.807, 2.05) is 13.8 Å². The third-order valence-corrected chi connectivity index (χ3v) is 18.5. The number of hydrogen-bond donors (Lipinski definition) is 7. The molecule has 5 heterocycles. The van der Waals surface area contributed by atoms with Crippen molar-refractivity contribution in [3.05, 3.63) is 143 Å². The summed E-state index contributed by atoms with van der Waals surface area (Å²) < 4.78 is 29.7. The predicted molar refractivity (Wildman–Crippen MR) is 366 cm³/mol. The van der Waals surface area contributed by atoms with Gasteiger partial charge in [0.15, 0.2) is 29.7 Å². The first kappa shape index (κ1) is 74.3. The number of hydrogen-bond acceptors (Lipinski definition) is 19. The second kappa shape index (κ2) is 33.8. The SMILES string of the molecule is C=C1C[C@H]2C(O)N(C(=O)OCc3ccc(CC(=O)[C@H](CCCNC(N)=O)NC(=O)[C@@H](CC(=O)CCCCCN4C(=O)C=CC4=O)C(C)C)cc3)c3cc(OCCCCCOc4cc5c(cc4OC)C(=O)N4CC(=C)C[C@H]4C(O)N5C(=O)OCc4ccc(B(O)O)cc4)c(C)cc3C(=O)N2C1. The topological polar surface area (TPSA) is 364 Å². The number of unbranched alkanes of at least 4 members (excludes halogenated alkanes) is 4. The summed E-state index contributed by atoms with van der Waals surface area (Å²) in [6.07, 6.45) is 1.61. The second-order valence-corrected chi connectivity index (χ2v) is 26.1. The van der Waals surface area contributed by atoms with Crippen LogP contribution in [0.3, 0.4) is 0 Å². The summed E-state index contributed by atoms with van der Waals surface area (Å²) in [5, 5.41) is 48.3. The molecule has 2 saturated heterocycles. The van der Waals surface area contributed by atoms with Gasteiger partial charge in [-0.15, -0.1) is 0 Å². The second-order valence-electron chi connectivity index (χ2n) is 26.1. The van der Waals surface area contributed by atoms with E-state index in [9.17, 15) is 68.2 Å². The highest BCUT2D eigenvalue weighted by Crippen LogP contribution is 2.43. The highest BCUT2D eigenvalue weighted by atomic mass is 16.6. The number of aryl methyl sites for hydroxylation is 1. The number of nitrogens with two attached hydrogens (primary N) is 1. The number of methoxy groups -OCH3 is 1. The Morgan fingerprint density at radius 2 is 1.19 bits per heavy atom. The van der Waals surface area contributed by atoms with Gasteiger partial charge in [0.1, 0.15) is 24.7 Å². The van der Waals surface area contributed by atoms with Gasteiger partial charge in [-0.05, 0) is 110 Å². The van der Waals surface area contributed by atoms with Crippen molar-refractivity contribution in [3.63, 3.8) is 0 Å². The van der Waals surface area contributed by atoms with Crippen LogP contribution in [0, 0.1) is 18.8 Å². The van der Waals surface area contributed by atoms with Crippen molar-refractivity contribution in [1.29, 1.82) is 0 Å². The van der Waals surface area contributed by atoms with E-state index in [4.69, 9.17) is 29.4 Å². The van der Waals surface area contributed by atoms with Crippen LogP contribution in [0.15, 0.2) is 109 Å². The largest absolute Gasteiger partial charge is 0.493 e. The van der Waals surface area contributed by atoms with E-state index in [-0.39, 0.29) is 160 Å². The lowest BCUT2D eigenvalue weighted by Crippen LogP contribution is -2.50. The van der Waals surface area contributed by atoms with Crippen molar-refractivity contribution >= 4 is 83.3 Å². The summed E-state index contributed by atoms with van der Waals surface area (Å²) >= 11 is 0. The molecule has 28 heteroatoms. The van der Waals surface area contributed by atoms with Crippen LogP contribution in [0.4, 0.5) is 25.8 Å². The number of nitrogens with one attached hydrogen (secondary N) is 2. The average Bonchev–Trinajstić information content (AvgIpc) is 1.60. The molecule has 100 heavy (non-hydrogen) atoms. The molecule has 27 nitrogen and oxygen atoms in total. The summed E-state index contributed by atoms with van der Waals surface area (Å²) in [5.41, 5.74) is 9.40. The van der Waals surface area contributed by atoms with E-state index < -0.39 is 79.6 Å². The standard InChI is InChI=1S/C72H87BN8O19/c1-42(2)51(34-50(82)14-9-7-10-27-77-63(84)24-25-64(77)85)65(86)76-54(15-13-26-75-70(74)91)59(83)33-46-16-18-47(19-17-46)40-99-71(92)80-55-36-60(45(5)32-52(55)66(87)78-38-43(3)30-57(78)68(80)89)97-28-11-8-12-29-98-62-37-56-53(35-61(62)96-6)67(88)79-39-44(4)31-58(79)69(90)81(56)72(93)100-41-48-20-22-49(23-21-48)73(94)95/h16-25,32,35-37,42,51,54,57-58,68-69,89-90,94-95H,3-4,7-15,26-31,33-34,38-41H2,1-2,5-6H3,(H,76,86)(H3,74,75,91)/t51-,54-,57-,58-,68?,69?/m0/s1. The fraction of sp³-hybridized carbons (Fsp3) is 0.444. The van der Waals surface area contributed by atoms with Gasteiger partial charge in [0, 0.05) is 75.6 Å². The normalized spacial score (nSPS) is 18.4. The number of aliphatic hydroxyl groups excluding tert-OH is 2. The van der Waals surface area contributed by atoms with Gasteiger partial charge in [0.05, 0.1) is 61.0 Å². The number of benzene rings is 4. The van der Waals surface area contributed by atoms with Crippen LogP contribution in [0.1, 0.15) is 134 Å². The van der Waals surface area contributed by atoms with Crippen LogP contribution >= 0.6 is 0 Å². The molecule has 2 fully saturated rings. The Labute approximate surface area is 580 Å². The number of urea groups is 1. The van der Waals surface area contributed by atoms with Crippen LogP contribution in [0.2, 0.25) is 0 Å². The van der Waals surface area contributed by atoms with Crippen LogP contribution < -0.4 is 45.8 Å². The van der Waals surface area contributed by atoms with Crippen LogP contribution in [0.25, 0.3) is 0 Å². The summed E-state index contributed by atoms with van der Waals surface area (Å²) in [6, 6.07) is 15.4. The van der Waals surface area contributed by atoms with E-state index in [1.54, 1.807) is 49.4 Å². The summed E-state index contributed by atoms with van der Waals surface area (Å²) in [6.45, 7) is 14.0. The molecular formula is C72H87BN8O19. The highest BCUT2D eigenvalue weighted by molar-refractivity contribution is 6.58. The van der Waals surface area contributed by atoms with Crippen molar-refractivity contribution in [2.24, 2.45) is 17.6 Å². The van der Waals surface area contributed by atoms with Gasteiger partial charge in [0.2, 0.25) is 5.91 Å². The van der Waals surface area contributed by atoms with Crippen LogP contribution in [-0.4, -0.2) is 178 Å². The van der Waals surface area contributed by atoms with Crippen molar-refractivity contribution in [2.75, 3.05) is 56.3 Å². The Hall–Kier alpha value is -9.90. The maximum absolute atomic E-state index is 14.4. The van der Waals surface area contributed by atoms with E-state index in [0.717, 1.165) is 14.7 Å². The Bertz CT molecular complexity index is 3790. The molecule has 5 aliphatic rings. The number of aliphatic hydroxyl groups is 2. The van der Waals surface area contributed by atoms with E-state index in [1.165, 1.54) is 59.4 Å². The number of ether oxygens (including phenoxy) is 5. The van der Waals surface area contributed by atoms with E-state index in [0.29, 0.717) is 84.1 Å². The minimum atomic E-state index is -1.69. The Morgan fingerprint density at radius 1 is 0.670 bits per heavy atom. The number of primary amides is 1. The van der Waals surface area contributed by atoms with Crippen molar-refractivity contribution in [2.45, 2.75) is 148 Å². The number of nitrogens with zero attached hydrogens (tertiary/aromatic N) is 5. The zero-order valence-electron chi connectivity index (χ0n) is 56.7. The van der Waals surface area contributed by atoms with Gasteiger partial charge in [0.25, 0.3) is 23.6 Å². The quantitative estimate of drug-likeness (QED) is 0.0136. The number of carbonyl (C=O) groups is 10. The molecule has 0 bridgehead atoms. The monoisotopic (exact) mass is 1380 g/mol. The first-order valence-electron chi connectivity index (χ1n) is 33.6. The summed E-state index contributed by atoms with van der Waals surface area (Å²) in [5.74, 6) is -2.82. The van der Waals surface area contributed by atoms with Crippen molar-refractivity contribution < 1.29 is 91.9 Å². The van der Waals surface area contributed by atoms with E-state index >= 15 is 0 Å². The molecule has 0 spiro atoms. The number of fused-ring (bicyclic) bond motifs is 4. The maximum Gasteiger partial charge on any atom is 0.488 e. The predicted octanol–water partition coefficient (Wildman–Crippen LogP) is 5.57. The van der Waals surface area contributed by atoms with Crippen LogP contribution in [0.5, 0.6) is 17.2 Å². The number of Topliss-reactive ketones (excluding diaryl/α,β-unsaturated/α-hetero) is 2. The van der Waals surface area contributed by atoms with Crippen LogP contribution in [-0.2, 0) is 53.1 Å². The molecular weight excluding hydrogens is 1290 g/mol. The lowest BCUT2D eigenvalue weighted by atomic mass is 9.80. The number of amides is 9. The van der Waals surface area contributed by atoms with E-state index in [2.05, 4.69) is 23.8 Å². The van der Waals surface area contributed by atoms with Gasteiger partial charge < -0.3 is 70.1 Å². The lowest BCUT2D eigenvalue weighted by molar-refractivity contribution is -0.137. The first-order valence-corrected chi connectivity index (χ1v) is 33.6. The van der Waals surface area contributed by atoms with Gasteiger partial charge in [-0.3, -0.25) is 38.5 Å². The molecule has 0 aromatic heterocycles. The molecule has 9 rings (SSSR count). The zero-order valence-corrected chi connectivity index (χ0v) is 56.7. The maximum atomic E-state index is 14.4. The molecule has 532 valence electrons. The number of imide groups is 1. The molecule has 0 saturated carbocycles. The summed E-state index contributed by atoms with van der Waals surface area (Å²) in [7, 11) is -0.276. The highest BCUT2D eigenvalue weighted by Gasteiger charge is 2.48.